The van der Waals surface area contributed by atoms with Crippen LogP contribution in [0.4, 0.5) is 11.4 Å². The van der Waals surface area contributed by atoms with Gasteiger partial charge in [-0.1, -0.05) is 6.58 Å². The molecule has 0 saturated carbocycles. The van der Waals surface area contributed by atoms with E-state index in [9.17, 15) is 4.79 Å². The molecule has 0 radical (unpaired) electrons. The van der Waals surface area contributed by atoms with Crippen molar-refractivity contribution in [3.63, 3.8) is 0 Å². The number of fused-ring (bicyclic) bond motifs is 1. The first-order valence-electron chi connectivity index (χ1n) is 5.12. The van der Waals surface area contributed by atoms with Crippen LogP contribution in [0.2, 0.25) is 0 Å². The van der Waals surface area contributed by atoms with Gasteiger partial charge in [0.1, 0.15) is 11.9 Å². The van der Waals surface area contributed by atoms with Gasteiger partial charge in [-0.05, 0) is 31.2 Å². The van der Waals surface area contributed by atoms with Gasteiger partial charge in [0.25, 0.3) is 5.91 Å². The van der Waals surface area contributed by atoms with Crippen LogP contribution >= 0.6 is 0 Å². The van der Waals surface area contributed by atoms with E-state index in [-0.39, 0.29) is 12.0 Å². The molecule has 1 aliphatic heterocycles. The van der Waals surface area contributed by atoms with Crippen LogP contribution in [0.3, 0.4) is 0 Å². The molecule has 1 unspecified atom stereocenters. The molecule has 1 amide bonds. The predicted molar refractivity (Wildman–Crippen MR) is 63.5 cm³/mol. The van der Waals surface area contributed by atoms with Gasteiger partial charge < -0.3 is 15.4 Å². The van der Waals surface area contributed by atoms with Crippen LogP contribution in [0.25, 0.3) is 0 Å². The second-order valence-electron chi connectivity index (χ2n) is 3.81. The first kappa shape index (κ1) is 10.5. The molecule has 1 aliphatic rings. The second kappa shape index (κ2) is 3.89. The molecule has 0 fully saturated rings. The number of benzene rings is 1. The molecular formula is C12H14N2O2. The number of nitrogen functional groups attached to an aromatic ring is 1. The zero-order valence-corrected chi connectivity index (χ0v) is 9.14. The Morgan fingerprint density at radius 1 is 1.69 bits per heavy atom. The molecule has 4 nitrogen and oxygen atoms in total. The molecule has 4 heteroatoms. The molecular weight excluding hydrogens is 204 g/mol. The normalized spacial score (nSPS) is 18.6. The summed E-state index contributed by atoms with van der Waals surface area (Å²) in [5.74, 6) is 0.546. The molecule has 0 bridgehead atoms. The van der Waals surface area contributed by atoms with Crippen molar-refractivity contribution in [2.75, 3.05) is 17.2 Å². The smallest absolute Gasteiger partial charge is 0.250 e. The second-order valence-corrected chi connectivity index (χ2v) is 3.81. The summed E-state index contributed by atoms with van der Waals surface area (Å²) in [6.07, 6.45) is 1.27. The number of hydrogen-bond acceptors (Lipinski definition) is 3. The lowest BCUT2D eigenvalue weighted by molar-refractivity contribution is -0.114. The van der Waals surface area contributed by atoms with Crippen molar-refractivity contribution >= 4 is 17.3 Å². The standard InChI is InChI=1S/C12H14N2O2/c1-3-12(15)14-7-8(2)16-11-5-4-9(13)6-10(11)14/h3-6,8H,1,7,13H2,2H3. The number of amides is 1. The maximum atomic E-state index is 11.7. The summed E-state index contributed by atoms with van der Waals surface area (Å²) in [7, 11) is 0. The Balaban J connectivity index is 2.47. The highest BCUT2D eigenvalue weighted by atomic mass is 16.5. The summed E-state index contributed by atoms with van der Waals surface area (Å²) in [6, 6.07) is 5.28. The van der Waals surface area contributed by atoms with Crippen molar-refractivity contribution in [1.82, 2.24) is 0 Å². The number of anilines is 2. The molecule has 0 spiro atoms. The van der Waals surface area contributed by atoms with Gasteiger partial charge in [-0.3, -0.25) is 4.79 Å². The van der Waals surface area contributed by atoms with Gasteiger partial charge in [0.05, 0.1) is 12.2 Å². The molecule has 16 heavy (non-hydrogen) atoms. The Kier molecular flexibility index (Phi) is 2.56. The number of rotatable bonds is 1. The first-order chi connectivity index (χ1) is 7.61. The highest BCUT2D eigenvalue weighted by molar-refractivity contribution is 6.02. The van der Waals surface area contributed by atoms with Crippen LogP contribution in [0.15, 0.2) is 30.9 Å². The minimum Gasteiger partial charge on any atom is -0.487 e. The van der Waals surface area contributed by atoms with Crippen LogP contribution in [0, 0.1) is 0 Å². The molecule has 84 valence electrons. The fourth-order valence-electron chi connectivity index (χ4n) is 1.77. The minimum atomic E-state index is -0.137. The summed E-state index contributed by atoms with van der Waals surface area (Å²) >= 11 is 0. The lowest BCUT2D eigenvalue weighted by atomic mass is 10.2. The van der Waals surface area contributed by atoms with E-state index in [1.54, 1.807) is 23.1 Å². The van der Waals surface area contributed by atoms with Gasteiger partial charge in [-0.25, -0.2) is 0 Å². The Hall–Kier alpha value is -1.97. The van der Waals surface area contributed by atoms with E-state index in [4.69, 9.17) is 10.5 Å². The molecule has 1 atom stereocenters. The van der Waals surface area contributed by atoms with Gasteiger partial charge >= 0.3 is 0 Å². The van der Waals surface area contributed by atoms with Crippen LogP contribution < -0.4 is 15.4 Å². The third-order valence-electron chi connectivity index (χ3n) is 2.48. The molecule has 0 aliphatic carbocycles. The van der Waals surface area contributed by atoms with Crippen molar-refractivity contribution in [3.8, 4) is 5.75 Å². The summed E-state index contributed by atoms with van der Waals surface area (Å²) < 4.78 is 5.63. The van der Waals surface area contributed by atoms with E-state index in [2.05, 4.69) is 6.58 Å². The van der Waals surface area contributed by atoms with Crippen molar-refractivity contribution in [2.45, 2.75) is 13.0 Å². The van der Waals surface area contributed by atoms with Gasteiger partial charge in [-0.15, -0.1) is 0 Å². The third-order valence-corrected chi connectivity index (χ3v) is 2.48. The quantitative estimate of drug-likeness (QED) is 0.575. The van der Waals surface area contributed by atoms with E-state index >= 15 is 0 Å². The Morgan fingerprint density at radius 2 is 2.44 bits per heavy atom. The summed E-state index contributed by atoms with van der Waals surface area (Å²) in [4.78, 5) is 13.3. The summed E-state index contributed by atoms with van der Waals surface area (Å²) in [5.41, 5.74) is 7.02. The number of hydrogen-bond donors (Lipinski definition) is 1. The third kappa shape index (κ3) is 1.74. The van der Waals surface area contributed by atoms with Crippen molar-refractivity contribution in [3.05, 3.63) is 30.9 Å². The predicted octanol–water partition coefficient (Wildman–Crippen LogP) is 1.57. The fraction of sp³-hybridized carbons (Fsp3) is 0.250. The Labute approximate surface area is 94.3 Å². The maximum Gasteiger partial charge on any atom is 0.250 e. The largest absolute Gasteiger partial charge is 0.487 e. The maximum absolute atomic E-state index is 11.7. The number of nitrogens with zero attached hydrogens (tertiary/aromatic N) is 1. The average Bonchev–Trinajstić information content (AvgIpc) is 2.27. The number of carbonyl (C=O) groups is 1. The highest BCUT2D eigenvalue weighted by Crippen LogP contribution is 2.35. The van der Waals surface area contributed by atoms with Gasteiger partial charge in [0.15, 0.2) is 0 Å². The van der Waals surface area contributed by atoms with E-state index < -0.39 is 0 Å². The SMILES string of the molecule is C=CC(=O)N1CC(C)Oc2ccc(N)cc21. The summed E-state index contributed by atoms with van der Waals surface area (Å²) in [5, 5.41) is 0. The van der Waals surface area contributed by atoms with Crippen LogP contribution in [0.5, 0.6) is 5.75 Å². The van der Waals surface area contributed by atoms with E-state index in [0.29, 0.717) is 23.7 Å². The highest BCUT2D eigenvalue weighted by Gasteiger charge is 2.26. The Morgan fingerprint density at radius 3 is 3.12 bits per heavy atom. The minimum absolute atomic E-state index is 0.0278. The number of carbonyl (C=O) groups excluding carboxylic acids is 1. The lowest BCUT2D eigenvalue weighted by Gasteiger charge is -2.32. The van der Waals surface area contributed by atoms with Crippen molar-refractivity contribution in [2.24, 2.45) is 0 Å². The summed E-state index contributed by atoms with van der Waals surface area (Å²) in [6.45, 7) is 5.93. The zero-order chi connectivity index (χ0) is 11.7. The molecule has 0 aromatic heterocycles. The molecule has 2 rings (SSSR count). The van der Waals surface area contributed by atoms with Crippen LogP contribution in [-0.4, -0.2) is 18.6 Å². The van der Waals surface area contributed by atoms with Crippen molar-refractivity contribution < 1.29 is 9.53 Å². The molecule has 1 heterocycles. The van der Waals surface area contributed by atoms with Gasteiger partial charge in [-0.2, -0.15) is 0 Å². The van der Waals surface area contributed by atoms with Crippen LogP contribution in [0.1, 0.15) is 6.92 Å². The van der Waals surface area contributed by atoms with Crippen molar-refractivity contribution in [1.29, 1.82) is 0 Å². The molecule has 0 saturated heterocycles. The number of nitrogens with two attached hydrogens (primary N) is 1. The van der Waals surface area contributed by atoms with Gasteiger partial charge in [0, 0.05) is 5.69 Å². The average molecular weight is 218 g/mol. The zero-order valence-electron chi connectivity index (χ0n) is 9.14. The monoisotopic (exact) mass is 218 g/mol. The van der Waals surface area contributed by atoms with E-state index in [1.165, 1.54) is 6.08 Å². The molecule has 2 N–H and O–H groups in total. The molecule has 1 aromatic carbocycles. The molecule has 1 aromatic rings. The lowest BCUT2D eigenvalue weighted by Crippen LogP contribution is -2.41. The fourth-order valence-corrected chi connectivity index (χ4v) is 1.77. The number of ether oxygens (including phenoxy) is 1. The van der Waals surface area contributed by atoms with Crippen LogP contribution in [-0.2, 0) is 4.79 Å². The Bertz CT molecular complexity index is 443. The van der Waals surface area contributed by atoms with E-state index in [1.807, 2.05) is 6.92 Å². The topological polar surface area (TPSA) is 55.6 Å². The first-order valence-corrected chi connectivity index (χ1v) is 5.12. The van der Waals surface area contributed by atoms with E-state index in [0.717, 1.165) is 0 Å². The van der Waals surface area contributed by atoms with Gasteiger partial charge in [0.2, 0.25) is 0 Å².